The highest BCUT2D eigenvalue weighted by atomic mass is 15.1. The van der Waals surface area contributed by atoms with Crippen molar-refractivity contribution in [1.29, 1.82) is 0 Å². The van der Waals surface area contributed by atoms with Gasteiger partial charge >= 0.3 is 0 Å². The first-order valence-corrected chi connectivity index (χ1v) is 11.6. The molecule has 6 nitrogen and oxygen atoms in total. The summed E-state index contributed by atoms with van der Waals surface area (Å²) in [5.74, 6) is 0. The lowest BCUT2D eigenvalue weighted by Gasteiger charge is -2.33. The van der Waals surface area contributed by atoms with Crippen molar-refractivity contribution in [3.05, 3.63) is 0 Å². The van der Waals surface area contributed by atoms with Gasteiger partial charge in [-0.05, 0) is 65.5 Å². The molecule has 0 saturated heterocycles. The Morgan fingerprint density at radius 3 is 2.14 bits per heavy atom. The number of aliphatic imine (C=N–C) groups is 1. The highest BCUT2D eigenvalue weighted by Gasteiger charge is 2.26. The van der Waals surface area contributed by atoms with E-state index in [1.165, 1.54) is 12.1 Å². The number of nitrogens with one attached hydrogen (secondary N) is 4. The fourth-order valence-corrected chi connectivity index (χ4v) is 3.21. The van der Waals surface area contributed by atoms with Crippen LogP contribution in [0.3, 0.4) is 0 Å². The van der Waals surface area contributed by atoms with Gasteiger partial charge in [0.15, 0.2) is 0 Å². The fourth-order valence-electron chi connectivity index (χ4n) is 3.21. The lowest BCUT2D eigenvalue weighted by Crippen LogP contribution is -2.55. The van der Waals surface area contributed by atoms with Gasteiger partial charge in [0.05, 0.1) is 12.1 Å². The van der Waals surface area contributed by atoms with E-state index in [4.69, 9.17) is 4.99 Å². The number of rotatable bonds is 20. The van der Waals surface area contributed by atoms with E-state index in [0.717, 1.165) is 84.7 Å². The van der Waals surface area contributed by atoms with Gasteiger partial charge in [-0.15, -0.1) is 0 Å². The Balaban J connectivity index is 4.88. The molecule has 0 aromatic heterocycles. The third-order valence-electron chi connectivity index (χ3n) is 5.42. The van der Waals surface area contributed by atoms with Crippen LogP contribution in [0.5, 0.6) is 0 Å². The van der Waals surface area contributed by atoms with Crippen LogP contribution in [0.4, 0.5) is 0 Å². The second kappa shape index (κ2) is 18.5. The van der Waals surface area contributed by atoms with Crippen molar-refractivity contribution in [2.75, 3.05) is 72.5 Å². The predicted molar refractivity (Wildman–Crippen MR) is 126 cm³/mol. The summed E-state index contributed by atoms with van der Waals surface area (Å²) >= 11 is 0. The number of nitrogens with zero attached hydrogens (tertiary/aromatic N) is 2. The molecule has 0 heterocycles. The quantitative estimate of drug-likeness (QED) is 0.187. The highest BCUT2D eigenvalue weighted by Crippen LogP contribution is 2.12. The Bertz CT molecular complexity index is 374. The first-order valence-electron chi connectivity index (χ1n) is 11.6. The van der Waals surface area contributed by atoms with Gasteiger partial charge in [0, 0.05) is 31.9 Å². The van der Waals surface area contributed by atoms with Crippen molar-refractivity contribution in [3.63, 3.8) is 0 Å². The molecule has 0 aromatic rings. The van der Waals surface area contributed by atoms with Crippen molar-refractivity contribution in [3.8, 4) is 0 Å². The van der Waals surface area contributed by atoms with Gasteiger partial charge in [-0.3, -0.25) is 4.99 Å². The molecule has 0 bridgehead atoms. The minimum Gasteiger partial charge on any atom is -0.317 e. The second-order valence-electron chi connectivity index (χ2n) is 7.68. The minimum absolute atomic E-state index is 0.0462. The standard InChI is InChI=1S/C22H50N6/c1-7-22(27-10-4,19-25-17-16-24-9-3)20-26-21(13-12-15-23-8-2)14-18-28(6)11-5/h23-25,27H,7-20H2,1-6H3. The lowest BCUT2D eigenvalue weighted by atomic mass is 9.95. The molecule has 0 aliphatic carbocycles. The number of hydrogen-bond donors (Lipinski definition) is 4. The molecule has 0 amide bonds. The van der Waals surface area contributed by atoms with E-state index >= 15 is 0 Å². The maximum Gasteiger partial charge on any atom is 0.0583 e. The van der Waals surface area contributed by atoms with Gasteiger partial charge in [-0.25, -0.2) is 0 Å². The van der Waals surface area contributed by atoms with Crippen molar-refractivity contribution in [2.24, 2.45) is 4.99 Å². The molecule has 0 rings (SSSR count). The van der Waals surface area contributed by atoms with Gasteiger partial charge < -0.3 is 26.2 Å². The van der Waals surface area contributed by atoms with Gasteiger partial charge in [0.25, 0.3) is 0 Å². The van der Waals surface area contributed by atoms with Crippen LogP contribution in [0.1, 0.15) is 60.3 Å². The molecule has 28 heavy (non-hydrogen) atoms. The molecule has 4 N–H and O–H groups in total. The van der Waals surface area contributed by atoms with Crippen LogP contribution in [0.25, 0.3) is 0 Å². The van der Waals surface area contributed by atoms with Crippen molar-refractivity contribution < 1.29 is 0 Å². The molecule has 0 spiro atoms. The lowest BCUT2D eigenvalue weighted by molar-refractivity contribution is 0.311. The molecule has 0 radical (unpaired) electrons. The first kappa shape index (κ1) is 27.5. The number of likely N-dealkylation sites (N-methyl/N-ethyl adjacent to an activating group) is 2. The van der Waals surface area contributed by atoms with E-state index in [2.05, 4.69) is 67.8 Å². The molecule has 1 unspecified atom stereocenters. The summed E-state index contributed by atoms with van der Waals surface area (Å²) in [7, 11) is 2.19. The van der Waals surface area contributed by atoms with Crippen molar-refractivity contribution >= 4 is 5.71 Å². The molecular weight excluding hydrogens is 348 g/mol. The molecule has 0 fully saturated rings. The normalized spacial score (nSPS) is 14.6. The monoisotopic (exact) mass is 398 g/mol. The van der Waals surface area contributed by atoms with Crippen LogP contribution in [0, 0.1) is 0 Å². The zero-order valence-corrected chi connectivity index (χ0v) is 19.8. The van der Waals surface area contributed by atoms with Crippen LogP contribution in [-0.2, 0) is 0 Å². The molecular formula is C22H50N6. The average molecular weight is 399 g/mol. The highest BCUT2D eigenvalue weighted by molar-refractivity contribution is 5.84. The molecule has 0 aromatic carbocycles. The average Bonchev–Trinajstić information content (AvgIpc) is 2.71. The summed E-state index contributed by atoms with van der Waals surface area (Å²) in [6, 6.07) is 0. The molecule has 6 heteroatoms. The van der Waals surface area contributed by atoms with Crippen molar-refractivity contribution in [1.82, 2.24) is 26.2 Å². The van der Waals surface area contributed by atoms with E-state index in [1.54, 1.807) is 0 Å². The van der Waals surface area contributed by atoms with E-state index < -0.39 is 0 Å². The largest absolute Gasteiger partial charge is 0.317 e. The summed E-state index contributed by atoms with van der Waals surface area (Å²) in [6.07, 6.45) is 4.43. The van der Waals surface area contributed by atoms with Crippen LogP contribution < -0.4 is 21.3 Å². The Morgan fingerprint density at radius 2 is 1.54 bits per heavy atom. The SMILES string of the molecule is CCNCCCC(CCN(C)CC)=NCC(CC)(CNCCNCC)NCC. The topological polar surface area (TPSA) is 63.7 Å². The van der Waals surface area contributed by atoms with Crippen LogP contribution in [0.15, 0.2) is 4.99 Å². The maximum atomic E-state index is 5.15. The van der Waals surface area contributed by atoms with Crippen molar-refractivity contribution in [2.45, 2.75) is 65.8 Å². The molecule has 1 atom stereocenters. The van der Waals surface area contributed by atoms with Gasteiger partial charge in [0.1, 0.15) is 0 Å². The third-order valence-corrected chi connectivity index (χ3v) is 5.42. The zero-order chi connectivity index (χ0) is 21.1. The maximum absolute atomic E-state index is 5.15. The van der Waals surface area contributed by atoms with Gasteiger partial charge in [-0.2, -0.15) is 0 Å². The van der Waals surface area contributed by atoms with Gasteiger partial charge in [-0.1, -0.05) is 34.6 Å². The summed E-state index contributed by atoms with van der Waals surface area (Å²) in [5.41, 5.74) is 1.42. The second-order valence-corrected chi connectivity index (χ2v) is 7.68. The Hall–Kier alpha value is -0.530. The summed E-state index contributed by atoms with van der Waals surface area (Å²) in [5, 5.41) is 14.2. The Kier molecular flexibility index (Phi) is 18.1. The zero-order valence-electron chi connectivity index (χ0n) is 19.8. The van der Waals surface area contributed by atoms with Crippen LogP contribution in [0.2, 0.25) is 0 Å². The predicted octanol–water partition coefficient (Wildman–Crippen LogP) is 2.12. The van der Waals surface area contributed by atoms with Gasteiger partial charge in [0.2, 0.25) is 0 Å². The molecule has 168 valence electrons. The summed E-state index contributed by atoms with van der Waals surface area (Å²) in [6.45, 7) is 21.2. The van der Waals surface area contributed by atoms with E-state index in [1.807, 2.05) is 0 Å². The number of hydrogen-bond acceptors (Lipinski definition) is 6. The van der Waals surface area contributed by atoms with E-state index in [0.29, 0.717) is 0 Å². The first-order chi connectivity index (χ1) is 13.6. The Labute approximate surface area is 175 Å². The van der Waals surface area contributed by atoms with E-state index in [-0.39, 0.29) is 5.54 Å². The molecule has 0 aliphatic rings. The third kappa shape index (κ3) is 13.6. The van der Waals surface area contributed by atoms with E-state index in [9.17, 15) is 0 Å². The summed E-state index contributed by atoms with van der Waals surface area (Å²) in [4.78, 5) is 7.52. The smallest absolute Gasteiger partial charge is 0.0583 e. The fraction of sp³-hybridized carbons (Fsp3) is 0.955. The van der Waals surface area contributed by atoms with Crippen LogP contribution >= 0.6 is 0 Å². The van der Waals surface area contributed by atoms with Crippen LogP contribution in [-0.4, -0.2) is 88.6 Å². The summed E-state index contributed by atoms with van der Waals surface area (Å²) < 4.78 is 0. The molecule has 0 aliphatic heterocycles. The molecule has 0 saturated carbocycles. The Morgan fingerprint density at radius 1 is 0.857 bits per heavy atom. The minimum atomic E-state index is 0.0462.